The van der Waals surface area contributed by atoms with E-state index in [2.05, 4.69) is 5.32 Å². The third-order valence-electron chi connectivity index (χ3n) is 3.66. The smallest absolute Gasteiger partial charge is 0.269 e. The summed E-state index contributed by atoms with van der Waals surface area (Å²) in [7, 11) is -4.00. The zero-order chi connectivity index (χ0) is 19.3. The Morgan fingerprint density at radius 1 is 1.19 bits per heavy atom. The number of hydrogen-bond acceptors (Lipinski definition) is 6. The molecule has 0 aromatic heterocycles. The van der Waals surface area contributed by atoms with Gasteiger partial charge in [0.1, 0.15) is 11.0 Å². The Hall–Kier alpha value is -2.94. The molecule has 0 fully saturated rings. The number of sulfone groups is 1. The van der Waals surface area contributed by atoms with Crippen molar-refractivity contribution in [3.05, 3.63) is 58.6 Å². The van der Waals surface area contributed by atoms with Gasteiger partial charge in [-0.2, -0.15) is 0 Å². The number of carbonyl (C=O) groups excluding carboxylic acids is 1. The van der Waals surface area contributed by atoms with Crippen molar-refractivity contribution in [2.24, 2.45) is 0 Å². The number of nitrogens with zero attached hydrogens (tertiary/aromatic N) is 1. The fourth-order valence-corrected chi connectivity index (χ4v) is 3.45. The summed E-state index contributed by atoms with van der Waals surface area (Å²) in [4.78, 5) is 22.3. The van der Waals surface area contributed by atoms with Crippen LogP contribution in [0.2, 0.25) is 0 Å². The minimum Gasteiger partial charge on any atom is -0.492 e. The normalized spacial score (nSPS) is 12.2. The van der Waals surface area contributed by atoms with Crippen molar-refractivity contribution in [3.63, 3.8) is 0 Å². The number of anilines is 1. The van der Waals surface area contributed by atoms with Crippen molar-refractivity contribution in [1.29, 1.82) is 0 Å². The molecule has 138 valence electrons. The third kappa shape index (κ3) is 4.17. The maximum atomic E-state index is 12.6. The molecule has 8 nitrogen and oxygen atoms in total. The van der Waals surface area contributed by atoms with E-state index in [0.717, 1.165) is 24.3 Å². The van der Waals surface area contributed by atoms with Crippen LogP contribution < -0.4 is 10.1 Å². The van der Waals surface area contributed by atoms with Crippen LogP contribution in [0.4, 0.5) is 11.4 Å². The lowest BCUT2D eigenvalue weighted by atomic mass is 10.3. The monoisotopic (exact) mass is 378 g/mol. The Kier molecular flexibility index (Phi) is 5.93. The second-order valence-corrected chi connectivity index (χ2v) is 7.63. The minimum atomic E-state index is -4.00. The summed E-state index contributed by atoms with van der Waals surface area (Å²) in [6, 6.07) is 11.1. The number of hydrogen-bond donors (Lipinski definition) is 1. The van der Waals surface area contributed by atoms with Crippen LogP contribution in [0.5, 0.6) is 5.75 Å². The molecule has 0 saturated carbocycles. The van der Waals surface area contributed by atoms with Gasteiger partial charge in [-0.15, -0.1) is 0 Å². The van der Waals surface area contributed by atoms with E-state index < -0.39 is 25.9 Å². The van der Waals surface area contributed by atoms with E-state index in [9.17, 15) is 23.3 Å². The first-order valence-corrected chi connectivity index (χ1v) is 9.33. The fraction of sp³-hybridized carbons (Fsp3) is 0.235. The van der Waals surface area contributed by atoms with Crippen LogP contribution in [0, 0.1) is 10.1 Å². The first kappa shape index (κ1) is 19.4. The molecule has 0 aliphatic carbocycles. The average Bonchev–Trinajstić information content (AvgIpc) is 2.62. The molecule has 0 aliphatic heterocycles. The molecule has 2 rings (SSSR count). The number of para-hydroxylation sites is 2. The van der Waals surface area contributed by atoms with E-state index in [1.165, 1.54) is 6.92 Å². The number of rotatable bonds is 7. The van der Waals surface area contributed by atoms with Crippen LogP contribution in [-0.2, 0) is 14.6 Å². The van der Waals surface area contributed by atoms with Gasteiger partial charge >= 0.3 is 0 Å². The Morgan fingerprint density at radius 3 is 2.38 bits per heavy atom. The predicted octanol–water partition coefficient (Wildman–Crippen LogP) is 2.79. The number of non-ortho nitro benzene ring substituents is 1. The maximum absolute atomic E-state index is 12.6. The molecule has 9 heteroatoms. The van der Waals surface area contributed by atoms with Crippen LogP contribution in [0.1, 0.15) is 13.8 Å². The number of nitrogens with one attached hydrogen (secondary N) is 1. The Bertz CT molecular complexity index is 909. The summed E-state index contributed by atoms with van der Waals surface area (Å²) < 4.78 is 30.6. The molecule has 2 aromatic rings. The van der Waals surface area contributed by atoms with Gasteiger partial charge in [-0.1, -0.05) is 12.1 Å². The second kappa shape index (κ2) is 7.96. The molecule has 1 N–H and O–H groups in total. The number of benzene rings is 2. The number of ether oxygens (including phenoxy) is 1. The molecule has 0 bridgehead atoms. The van der Waals surface area contributed by atoms with Gasteiger partial charge in [-0.25, -0.2) is 8.42 Å². The molecule has 26 heavy (non-hydrogen) atoms. The topological polar surface area (TPSA) is 116 Å². The van der Waals surface area contributed by atoms with Gasteiger partial charge in [0, 0.05) is 12.1 Å². The second-order valence-electron chi connectivity index (χ2n) is 5.36. The van der Waals surface area contributed by atoms with Crippen LogP contribution in [0.25, 0.3) is 0 Å². The molecule has 0 radical (unpaired) electrons. The average molecular weight is 378 g/mol. The highest BCUT2D eigenvalue weighted by Crippen LogP contribution is 2.25. The lowest BCUT2D eigenvalue weighted by Gasteiger charge is -2.15. The molecule has 1 atom stereocenters. The lowest BCUT2D eigenvalue weighted by molar-refractivity contribution is -0.384. The van der Waals surface area contributed by atoms with Gasteiger partial charge in [-0.05, 0) is 38.1 Å². The summed E-state index contributed by atoms with van der Waals surface area (Å²) >= 11 is 0. The summed E-state index contributed by atoms with van der Waals surface area (Å²) in [6.07, 6.45) is 0. The highest BCUT2D eigenvalue weighted by atomic mass is 32.2. The van der Waals surface area contributed by atoms with Crippen molar-refractivity contribution < 1.29 is 22.9 Å². The van der Waals surface area contributed by atoms with Crippen molar-refractivity contribution in [3.8, 4) is 5.75 Å². The molecule has 2 aromatic carbocycles. The molecule has 0 heterocycles. The Labute approximate surface area is 150 Å². The zero-order valence-electron chi connectivity index (χ0n) is 14.2. The van der Waals surface area contributed by atoms with Gasteiger partial charge in [0.05, 0.1) is 22.1 Å². The van der Waals surface area contributed by atoms with E-state index >= 15 is 0 Å². The summed E-state index contributed by atoms with van der Waals surface area (Å²) in [5.74, 6) is -0.293. The Morgan fingerprint density at radius 2 is 1.81 bits per heavy atom. The molecule has 0 spiro atoms. The third-order valence-corrected chi connectivity index (χ3v) is 5.73. The van der Waals surface area contributed by atoms with Gasteiger partial charge in [0.25, 0.3) is 5.69 Å². The van der Waals surface area contributed by atoms with Crippen LogP contribution in [0.3, 0.4) is 0 Å². The van der Waals surface area contributed by atoms with E-state index in [0.29, 0.717) is 18.0 Å². The highest BCUT2D eigenvalue weighted by Gasteiger charge is 2.30. The quantitative estimate of drug-likeness (QED) is 0.585. The van der Waals surface area contributed by atoms with Gasteiger partial charge in [0.15, 0.2) is 9.84 Å². The maximum Gasteiger partial charge on any atom is 0.269 e. The van der Waals surface area contributed by atoms with E-state index in [1.54, 1.807) is 31.2 Å². The number of amides is 1. The van der Waals surface area contributed by atoms with E-state index in [1.807, 2.05) is 0 Å². The summed E-state index contributed by atoms with van der Waals surface area (Å²) in [6.45, 7) is 3.44. The molecule has 0 saturated heterocycles. The van der Waals surface area contributed by atoms with Gasteiger partial charge in [0.2, 0.25) is 5.91 Å². The molecule has 0 unspecified atom stereocenters. The Balaban J connectivity index is 2.22. The molecule has 1 amide bonds. The summed E-state index contributed by atoms with van der Waals surface area (Å²) in [5.41, 5.74) is 0.136. The van der Waals surface area contributed by atoms with Crippen molar-refractivity contribution in [2.45, 2.75) is 24.0 Å². The first-order valence-electron chi connectivity index (χ1n) is 7.78. The van der Waals surface area contributed by atoms with Crippen LogP contribution in [-0.4, -0.2) is 31.1 Å². The highest BCUT2D eigenvalue weighted by molar-refractivity contribution is 7.92. The standard InChI is InChI=1S/C17H18N2O6S/c1-3-25-16-7-5-4-6-15(16)18-17(20)12(2)26(23,24)14-10-8-13(9-11-14)19(21)22/h4-12H,3H2,1-2H3,(H,18,20)/t12-/m1/s1. The predicted molar refractivity (Wildman–Crippen MR) is 96.0 cm³/mol. The van der Waals surface area contributed by atoms with Gasteiger partial charge < -0.3 is 10.1 Å². The van der Waals surface area contributed by atoms with E-state index in [4.69, 9.17) is 4.74 Å². The van der Waals surface area contributed by atoms with E-state index in [-0.39, 0.29) is 10.6 Å². The number of nitro groups is 1. The first-order chi connectivity index (χ1) is 12.3. The van der Waals surface area contributed by atoms with Crippen LogP contribution in [0.15, 0.2) is 53.4 Å². The lowest BCUT2D eigenvalue weighted by Crippen LogP contribution is -2.32. The number of carbonyl (C=O) groups is 1. The number of nitro benzene ring substituents is 1. The van der Waals surface area contributed by atoms with Crippen molar-refractivity contribution in [1.82, 2.24) is 0 Å². The minimum absolute atomic E-state index is 0.163. The van der Waals surface area contributed by atoms with Crippen LogP contribution >= 0.6 is 0 Å². The largest absolute Gasteiger partial charge is 0.492 e. The molecule has 0 aliphatic rings. The van der Waals surface area contributed by atoms with Gasteiger partial charge in [-0.3, -0.25) is 14.9 Å². The summed E-state index contributed by atoms with van der Waals surface area (Å²) in [5, 5.41) is 11.8. The molecular formula is C17H18N2O6S. The fourth-order valence-electron chi connectivity index (χ4n) is 2.19. The zero-order valence-corrected chi connectivity index (χ0v) is 15.0. The van der Waals surface area contributed by atoms with Crippen molar-refractivity contribution >= 4 is 27.1 Å². The SMILES string of the molecule is CCOc1ccccc1NC(=O)[C@@H](C)S(=O)(=O)c1ccc([N+](=O)[O-])cc1. The molecular weight excluding hydrogens is 360 g/mol. The van der Waals surface area contributed by atoms with Crippen molar-refractivity contribution in [2.75, 3.05) is 11.9 Å².